The molecule has 0 unspecified atom stereocenters. The zero-order chi connectivity index (χ0) is 16.8. The van der Waals surface area contributed by atoms with E-state index >= 15 is 0 Å². The van der Waals surface area contributed by atoms with E-state index < -0.39 is 33.3 Å². The number of hydrogen-bond donors (Lipinski definition) is 0. The third kappa shape index (κ3) is 2.03. The van der Waals surface area contributed by atoms with E-state index in [4.69, 9.17) is 9.47 Å². The van der Waals surface area contributed by atoms with Crippen molar-refractivity contribution in [2.24, 2.45) is 15.6 Å². The molecule has 124 valence electrons. The highest BCUT2D eigenvalue weighted by molar-refractivity contribution is 7.87. The molecule has 0 N–H and O–H groups in total. The second-order valence-electron chi connectivity index (χ2n) is 6.09. The van der Waals surface area contributed by atoms with Crippen molar-refractivity contribution in [2.75, 3.05) is 6.61 Å². The average molecular weight is 336 g/mol. The number of carbonyl (C=O) groups is 1. The Labute approximate surface area is 137 Å². The zero-order valence-electron chi connectivity index (χ0n) is 13.6. The molecule has 2 heterocycles. The summed E-state index contributed by atoms with van der Waals surface area (Å²) in [6.45, 7) is 7.80. The van der Waals surface area contributed by atoms with Gasteiger partial charge in [-0.15, -0.1) is 0 Å². The van der Waals surface area contributed by atoms with E-state index in [0.717, 1.165) is 5.56 Å². The number of carbonyl (C=O) groups excluding carboxylic acids is 1. The molecule has 3 rings (SSSR count). The Morgan fingerprint density at radius 1 is 1.35 bits per heavy atom. The van der Waals surface area contributed by atoms with Gasteiger partial charge in [0.15, 0.2) is 0 Å². The summed E-state index contributed by atoms with van der Waals surface area (Å²) in [6.07, 6.45) is -0.806. The summed E-state index contributed by atoms with van der Waals surface area (Å²) in [7, 11) is -1.72. The Bertz CT molecular complexity index is 690. The number of fused-ring (bicyclic) bond motifs is 1. The fourth-order valence-electron chi connectivity index (χ4n) is 3.10. The first-order valence-electron chi connectivity index (χ1n) is 7.61. The van der Waals surface area contributed by atoms with Crippen molar-refractivity contribution in [3.63, 3.8) is 0 Å². The van der Waals surface area contributed by atoms with Crippen molar-refractivity contribution in [1.82, 2.24) is 0 Å². The van der Waals surface area contributed by atoms with Gasteiger partial charge in [0.05, 0.1) is 16.8 Å². The molecule has 0 saturated carbocycles. The van der Waals surface area contributed by atoms with E-state index in [9.17, 15) is 9.00 Å². The molecule has 0 bridgehead atoms. The summed E-state index contributed by atoms with van der Waals surface area (Å²) in [4.78, 5) is 11.6. The third-order valence-corrected chi connectivity index (χ3v) is 6.70. The van der Waals surface area contributed by atoms with Gasteiger partial charge in [-0.1, -0.05) is 17.7 Å². The molecule has 0 spiro atoms. The van der Waals surface area contributed by atoms with Gasteiger partial charge >= 0.3 is 5.97 Å². The van der Waals surface area contributed by atoms with Gasteiger partial charge < -0.3 is 9.47 Å². The monoisotopic (exact) mass is 336 g/mol. The maximum Gasteiger partial charge on any atom is 0.352 e. The van der Waals surface area contributed by atoms with Crippen LogP contribution in [0.2, 0.25) is 0 Å². The van der Waals surface area contributed by atoms with Gasteiger partial charge in [0.2, 0.25) is 6.29 Å². The largest absolute Gasteiger partial charge is 0.432 e. The maximum absolute atomic E-state index is 13.3. The van der Waals surface area contributed by atoms with Crippen LogP contribution in [-0.2, 0) is 25.1 Å². The minimum absolute atomic E-state index is 0.333. The van der Waals surface area contributed by atoms with E-state index in [2.05, 4.69) is 10.2 Å². The number of aryl methyl sites for hydroxylation is 1. The quantitative estimate of drug-likeness (QED) is 0.792. The Hall–Kier alpha value is -1.60. The molecule has 1 aromatic rings. The molecule has 5 atom stereocenters. The average Bonchev–Trinajstić information content (AvgIpc) is 2.92. The van der Waals surface area contributed by atoms with E-state index in [1.54, 1.807) is 12.1 Å². The van der Waals surface area contributed by atoms with Gasteiger partial charge in [0.25, 0.3) is 4.87 Å². The molecule has 0 aromatic heterocycles. The van der Waals surface area contributed by atoms with Crippen molar-refractivity contribution < 1.29 is 18.5 Å². The molecule has 23 heavy (non-hydrogen) atoms. The number of esters is 1. The molecule has 2 aliphatic heterocycles. The lowest BCUT2D eigenvalue weighted by atomic mass is 9.78. The number of hydrogen-bond acceptors (Lipinski definition) is 6. The first-order valence-corrected chi connectivity index (χ1v) is 8.76. The minimum atomic E-state index is -1.72. The maximum atomic E-state index is 13.3. The Kier molecular flexibility index (Phi) is 3.88. The highest BCUT2D eigenvalue weighted by Gasteiger charge is 2.75. The van der Waals surface area contributed by atoms with E-state index in [1.807, 2.05) is 39.8 Å². The fraction of sp³-hybridized carbons (Fsp3) is 0.562. The predicted octanol–water partition coefficient (Wildman–Crippen LogP) is 2.58. The molecule has 1 saturated heterocycles. The molecule has 0 radical (unpaired) electrons. The van der Waals surface area contributed by atoms with Crippen LogP contribution in [0.5, 0.6) is 0 Å². The molecule has 6 nitrogen and oxygen atoms in total. The third-order valence-electron chi connectivity index (χ3n) is 4.77. The van der Waals surface area contributed by atoms with Gasteiger partial charge in [0, 0.05) is 11.5 Å². The molecular weight excluding hydrogens is 316 g/mol. The number of benzene rings is 1. The normalized spacial score (nSPS) is 36.8. The fourth-order valence-corrected chi connectivity index (χ4v) is 4.81. The van der Waals surface area contributed by atoms with Crippen LogP contribution in [-0.4, -0.2) is 34.0 Å². The molecule has 0 aliphatic carbocycles. The standard InChI is InChI=1S/C16H20N2O4S/c1-5-21-14-15(4)11(3)17-18-16(15,13(19)22-14)23(20)12-8-6-10(2)7-9-12/h6-9,11,14H,5H2,1-4H3/t11-,14+,15+,16+,23+/m1/s1. The molecule has 1 fully saturated rings. The highest BCUT2D eigenvalue weighted by atomic mass is 32.2. The Morgan fingerprint density at radius 3 is 2.61 bits per heavy atom. The Balaban J connectivity index is 2.10. The lowest BCUT2D eigenvalue weighted by Gasteiger charge is -2.34. The van der Waals surface area contributed by atoms with E-state index in [1.165, 1.54) is 0 Å². The predicted molar refractivity (Wildman–Crippen MR) is 84.2 cm³/mol. The van der Waals surface area contributed by atoms with Crippen LogP contribution in [0.3, 0.4) is 0 Å². The van der Waals surface area contributed by atoms with Crippen LogP contribution < -0.4 is 0 Å². The van der Waals surface area contributed by atoms with E-state index in [-0.39, 0.29) is 6.04 Å². The number of azo groups is 1. The Morgan fingerprint density at radius 2 is 2.00 bits per heavy atom. The number of rotatable bonds is 4. The first kappa shape index (κ1) is 16.3. The number of nitrogens with zero attached hydrogens (tertiary/aromatic N) is 2. The van der Waals surface area contributed by atoms with Crippen molar-refractivity contribution in [1.29, 1.82) is 0 Å². The molecule has 1 aromatic carbocycles. The van der Waals surface area contributed by atoms with Crippen LogP contribution in [0, 0.1) is 12.3 Å². The van der Waals surface area contributed by atoms with Crippen LogP contribution in [0.15, 0.2) is 39.4 Å². The minimum Gasteiger partial charge on any atom is -0.432 e. The smallest absolute Gasteiger partial charge is 0.352 e. The summed E-state index contributed by atoms with van der Waals surface area (Å²) in [6, 6.07) is 6.88. The second kappa shape index (κ2) is 5.49. The molecule has 2 aliphatic rings. The summed E-state index contributed by atoms with van der Waals surface area (Å²) in [5.41, 5.74) is 0.143. The second-order valence-corrected chi connectivity index (χ2v) is 7.69. The van der Waals surface area contributed by atoms with Crippen LogP contribution in [0.4, 0.5) is 0 Å². The van der Waals surface area contributed by atoms with Gasteiger partial charge in [-0.05, 0) is 39.8 Å². The van der Waals surface area contributed by atoms with Crippen molar-refractivity contribution >= 4 is 16.8 Å². The van der Waals surface area contributed by atoms with Crippen LogP contribution in [0.25, 0.3) is 0 Å². The first-order chi connectivity index (χ1) is 10.9. The van der Waals surface area contributed by atoms with Crippen molar-refractivity contribution in [2.45, 2.75) is 49.8 Å². The molecular formula is C16H20N2O4S. The zero-order valence-corrected chi connectivity index (χ0v) is 14.4. The van der Waals surface area contributed by atoms with Crippen LogP contribution >= 0.6 is 0 Å². The van der Waals surface area contributed by atoms with Crippen LogP contribution in [0.1, 0.15) is 26.3 Å². The molecule has 0 amide bonds. The SMILES string of the molecule is CCO[C@H]1OC(=O)[C@@]2([S@@](=O)c3ccc(C)cc3)N=N[C@H](C)[C@@]12C. The number of ether oxygens (including phenoxy) is 2. The van der Waals surface area contributed by atoms with Gasteiger partial charge in [0.1, 0.15) is 5.41 Å². The summed E-state index contributed by atoms with van der Waals surface area (Å²) >= 11 is 0. The van der Waals surface area contributed by atoms with Gasteiger partial charge in [-0.3, -0.25) is 4.21 Å². The van der Waals surface area contributed by atoms with Gasteiger partial charge in [-0.2, -0.15) is 10.2 Å². The lowest BCUT2D eigenvalue weighted by molar-refractivity contribution is -0.176. The van der Waals surface area contributed by atoms with Crippen molar-refractivity contribution in [3.05, 3.63) is 29.8 Å². The van der Waals surface area contributed by atoms with Crippen molar-refractivity contribution in [3.8, 4) is 0 Å². The summed E-state index contributed by atoms with van der Waals surface area (Å²) < 4.78 is 24.3. The van der Waals surface area contributed by atoms with Gasteiger partial charge in [-0.25, -0.2) is 4.79 Å². The number of cyclic esters (lactones) is 1. The topological polar surface area (TPSA) is 77.3 Å². The molecule has 7 heteroatoms. The summed E-state index contributed by atoms with van der Waals surface area (Å²) in [5.74, 6) is -0.634. The summed E-state index contributed by atoms with van der Waals surface area (Å²) in [5, 5.41) is 8.33. The lowest BCUT2D eigenvalue weighted by Crippen LogP contribution is -2.53. The highest BCUT2D eigenvalue weighted by Crippen LogP contribution is 2.56. The van der Waals surface area contributed by atoms with E-state index in [0.29, 0.717) is 11.5 Å².